The molecule has 6 heteroatoms. The highest BCUT2D eigenvalue weighted by molar-refractivity contribution is 9.10. The molecule has 1 rings (SSSR count). The van der Waals surface area contributed by atoms with Crippen LogP contribution in [0.25, 0.3) is 0 Å². The minimum atomic E-state index is -3.32. The van der Waals surface area contributed by atoms with Crippen molar-refractivity contribution in [2.45, 2.75) is 4.90 Å². The summed E-state index contributed by atoms with van der Waals surface area (Å²) in [5.74, 6) is 0. The van der Waals surface area contributed by atoms with Crippen molar-refractivity contribution in [3.8, 4) is 0 Å². The molecule has 0 bridgehead atoms. The number of hydrogen-bond acceptors (Lipinski definition) is 3. The van der Waals surface area contributed by atoms with Crippen LogP contribution in [0.3, 0.4) is 0 Å². The van der Waals surface area contributed by atoms with Gasteiger partial charge in [-0.3, -0.25) is 0 Å². The number of sulfone groups is 1. The van der Waals surface area contributed by atoms with Gasteiger partial charge in [0.15, 0.2) is 9.84 Å². The minimum absolute atomic E-state index is 0.0480. The normalized spacial score (nSPS) is 11.6. The van der Waals surface area contributed by atoms with Gasteiger partial charge in [0.25, 0.3) is 0 Å². The van der Waals surface area contributed by atoms with Crippen LogP contribution in [0.1, 0.15) is 0 Å². The Morgan fingerprint density at radius 2 is 2.00 bits per heavy atom. The molecule has 1 aromatic rings. The summed E-state index contributed by atoms with van der Waals surface area (Å²) in [6, 6.07) is 2.88. The Balaban J connectivity index is 3.56. The second kappa shape index (κ2) is 3.48. The Kier molecular flexibility index (Phi) is 2.89. The molecule has 0 aromatic heterocycles. The molecule has 0 fully saturated rings. The highest BCUT2D eigenvalue weighted by Gasteiger charge is 2.14. The Morgan fingerprint density at radius 3 is 2.46 bits per heavy atom. The molecule has 0 saturated heterocycles. The second-order valence-corrected chi connectivity index (χ2v) is 5.85. The van der Waals surface area contributed by atoms with Crippen LogP contribution in [-0.2, 0) is 9.84 Å². The van der Waals surface area contributed by atoms with Gasteiger partial charge in [0.05, 0.1) is 10.6 Å². The molecule has 0 atom stereocenters. The first kappa shape index (κ1) is 10.8. The third kappa shape index (κ3) is 2.36. The van der Waals surface area contributed by atoms with E-state index in [-0.39, 0.29) is 10.6 Å². The van der Waals surface area contributed by atoms with E-state index in [9.17, 15) is 8.42 Å². The largest absolute Gasteiger partial charge is 0.397 e. The molecule has 0 saturated carbocycles. The smallest absolute Gasteiger partial charge is 0.177 e. The summed E-state index contributed by atoms with van der Waals surface area (Å²) in [4.78, 5) is 0.0480. The van der Waals surface area contributed by atoms with Crippen LogP contribution in [0.4, 0.5) is 5.69 Å². The predicted molar refractivity (Wildman–Crippen MR) is 56.7 cm³/mol. The fraction of sp³-hybridized carbons (Fsp3) is 0.143. The van der Waals surface area contributed by atoms with E-state index in [0.29, 0.717) is 9.50 Å². The highest BCUT2D eigenvalue weighted by Crippen LogP contribution is 2.30. The van der Waals surface area contributed by atoms with E-state index in [1.165, 1.54) is 6.07 Å². The number of benzene rings is 1. The van der Waals surface area contributed by atoms with Crippen molar-refractivity contribution in [3.05, 3.63) is 21.6 Å². The van der Waals surface area contributed by atoms with Crippen LogP contribution in [-0.4, -0.2) is 14.7 Å². The van der Waals surface area contributed by atoms with Crippen LogP contribution < -0.4 is 5.73 Å². The summed E-state index contributed by atoms with van der Waals surface area (Å²) < 4.78 is 22.9. The van der Waals surface area contributed by atoms with Crippen molar-refractivity contribution >= 4 is 43.1 Å². The summed E-state index contributed by atoms with van der Waals surface area (Å²) in [6.07, 6.45) is 1.08. The molecule has 13 heavy (non-hydrogen) atoms. The van der Waals surface area contributed by atoms with Crippen LogP contribution in [0, 0.1) is 0 Å². The zero-order valence-electron chi connectivity index (χ0n) is 6.71. The maximum Gasteiger partial charge on any atom is 0.177 e. The molecular weight excluding hydrogens is 278 g/mol. The van der Waals surface area contributed by atoms with Crippen molar-refractivity contribution in [2.75, 3.05) is 12.0 Å². The zero-order valence-corrected chi connectivity index (χ0v) is 9.87. The summed E-state index contributed by atoms with van der Waals surface area (Å²) in [5, 5.41) is 0.335. The van der Waals surface area contributed by atoms with E-state index in [4.69, 9.17) is 17.3 Å². The SMILES string of the molecule is CS(=O)(=O)c1cc(Cl)cc(Br)c1N. The average Bonchev–Trinajstić information content (AvgIpc) is 1.94. The van der Waals surface area contributed by atoms with E-state index in [1.54, 1.807) is 6.07 Å². The molecule has 0 radical (unpaired) electrons. The lowest BCUT2D eigenvalue weighted by Gasteiger charge is -2.05. The fourth-order valence-corrected chi connectivity index (χ4v) is 2.72. The highest BCUT2D eigenvalue weighted by atomic mass is 79.9. The third-order valence-corrected chi connectivity index (χ3v) is 3.47. The van der Waals surface area contributed by atoms with Crippen molar-refractivity contribution in [1.29, 1.82) is 0 Å². The van der Waals surface area contributed by atoms with Gasteiger partial charge in [0.1, 0.15) is 0 Å². The Morgan fingerprint density at radius 1 is 1.46 bits per heavy atom. The third-order valence-electron chi connectivity index (χ3n) is 1.46. The van der Waals surface area contributed by atoms with Crippen molar-refractivity contribution < 1.29 is 8.42 Å². The van der Waals surface area contributed by atoms with E-state index >= 15 is 0 Å². The van der Waals surface area contributed by atoms with Gasteiger partial charge in [0, 0.05) is 15.8 Å². The molecule has 0 aliphatic rings. The predicted octanol–water partition coefficient (Wildman–Crippen LogP) is 2.09. The maximum atomic E-state index is 11.2. The molecule has 0 heterocycles. The molecule has 2 N–H and O–H groups in total. The molecule has 72 valence electrons. The molecular formula is C7H7BrClNO2S. The Labute approximate surface area is 89.9 Å². The van der Waals surface area contributed by atoms with Crippen LogP contribution in [0.15, 0.2) is 21.5 Å². The zero-order chi connectivity index (χ0) is 10.2. The second-order valence-electron chi connectivity index (χ2n) is 2.57. The van der Waals surface area contributed by atoms with E-state index in [1.807, 2.05) is 0 Å². The summed E-state index contributed by atoms with van der Waals surface area (Å²) in [7, 11) is -3.32. The summed E-state index contributed by atoms with van der Waals surface area (Å²) in [5.41, 5.74) is 5.74. The lowest BCUT2D eigenvalue weighted by Crippen LogP contribution is -2.02. The van der Waals surface area contributed by atoms with Crippen LogP contribution in [0.2, 0.25) is 5.02 Å². The molecule has 0 amide bonds. The van der Waals surface area contributed by atoms with Crippen LogP contribution >= 0.6 is 27.5 Å². The first-order valence-corrected chi connectivity index (χ1v) is 6.33. The van der Waals surface area contributed by atoms with Crippen molar-refractivity contribution in [1.82, 2.24) is 0 Å². The molecule has 0 aliphatic heterocycles. The number of rotatable bonds is 1. The van der Waals surface area contributed by atoms with E-state index in [2.05, 4.69) is 15.9 Å². The Bertz CT molecular complexity index is 444. The molecule has 0 spiro atoms. The monoisotopic (exact) mass is 283 g/mol. The van der Waals surface area contributed by atoms with Crippen molar-refractivity contribution in [2.24, 2.45) is 0 Å². The van der Waals surface area contributed by atoms with E-state index in [0.717, 1.165) is 6.26 Å². The van der Waals surface area contributed by atoms with Gasteiger partial charge in [-0.15, -0.1) is 0 Å². The van der Waals surface area contributed by atoms with E-state index < -0.39 is 9.84 Å². The lowest BCUT2D eigenvalue weighted by atomic mass is 10.3. The van der Waals surface area contributed by atoms with Gasteiger partial charge in [-0.05, 0) is 28.1 Å². The molecule has 1 aromatic carbocycles. The van der Waals surface area contributed by atoms with Gasteiger partial charge >= 0.3 is 0 Å². The molecule has 3 nitrogen and oxygen atoms in total. The molecule has 0 unspecified atom stereocenters. The number of anilines is 1. The van der Waals surface area contributed by atoms with Gasteiger partial charge in [0.2, 0.25) is 0 Å². The quantitative estimate of drug-likeness (QED) is 0.803. The number of nitrogen functional groups attached to an aromatic ring is 1. The topological polar surface area (TPSA) is 60.2 Å². The number of halogens is 2. The van der Waals surface area contributed by atoms with Crippen molar-refractivity contribution in [3.63, 3.8) is 0 Å². The maximum absolute atomic E-state index is 11.2. The van der Waals surface area contributed by atoms with Gasteiger partial charge in [-0.2, -0.15) is 0 Å². The number of hydrogen-bond donors (Lipinski definition) is 1. The average molecular weight is 285 g/mol. The first-order chi connectivity index (χ1) is 5.82. The van der Waals surface area contributed by atoms with Crippen LogP contribution in [0.5, 0.6) is 0 Å². The lowest BCUT2D eigenvalue weighted by molar-refractivity contribution is 0.602. The standard InChI is InChI=1S/C7H7BrClNO2S/c1-13(11,12)6-3-4(9)2-5(8)7(6)10/h2-3H,10H2,1H3. The van der Waals surface area contributed by atoms with Gasteiger partial charge in [-0.25, -0.2) is 8.42 Å². The molecule has 0 aliphatic carbocycles. The minimum Gasteiger partial charge on any atom is -0.397 e. The fourth-order valence-electron chi connectivity index (χ4n) is 0.868. The number of nitrogens with two attached hydrogens (primary N) is 1. The van der Waals surface area contributed by atoms with Gasteiger partial charge in [-0.1, -0.05) is 11.6 Å². The summed E-state index contributed by atoms with van der Waals surface area (Å²) >= 11 is 8.79. The summed E-state index contributed by atoms with van der Waals surface area (Å²) in [6.45, 7) is 0. The first-order valence-electron chi connectivity index (χ1n) is 3.27. The van der Waals surface area contributed by atoms with Gasteiger partial charge < -0.3 is 5.73 Å². The Hall–Kier alpha value is -0.260.